The second-order valence-electron chi connectivity index (χ2n) is 6.01. The van der Waals surface area contributed by atoms with E-state index in [0.717, 1.165) is 19.6 Å². The van der Waals surface area contributed by atoms with Crippen molar-refractivity contribution >= 4 is 0 Å². The van der Waals surface area contributed by atoms with Crippen molar-refractivity contribution in [3.63, 3.8) is 0 Å². The summed E-state index contributed by atoms with van der Waals surface area (Å²) in [5.41, 5.74) is 9.22. The topological polar surface area (TPSA) is 29.3 Å². The van der Waals surface area contributed by atoms with Crippen molar-refractivity contribution in [3.8, 4) is 0 Å². The fourth-order valence-electron chi connectivity index (χ4n) is 3.26. The molecule has 100 valence electrons. The lowest BCUT2D eigenvalue weighted by molar-refractivity contribution is 0.179. The van der Waals surface area contributed by atoms with Gasteiger partial charge in [-0.05, 0) is 49.9 Å². The van der Waals surface area contributed by atoms with Crippen molar-refractivity contribution < 1.29 is 0 Å². The number of rotatable bonds is 5. The molecular formula is C16H26N2. The van der Waals surface area contributed by atoms with Crippen molar-refractivity contribution in [2.45, 2.75) is 39.2 Å². The molecule has 0 aromatic heterocycles. The Hall–Kier alpha value is -0.860. The Morgan fingerprint density at radius 1 is 1.22 bits per heavy atom. The van der Waals surface area contributed by atoms with E-state index in [9.17, 15) is 0 Å². The predicted molar refractivity (Wildman–Crippen MR) is 77.5 cm³/mol. The van der Waals surface area contributed by atoms with Crippen LogP contribution >= 0.6 is 0 Å². The Bertz CT molecular complexity index is 380. The van der Waals surface area contributed by atoms with Crippen LogP contribution in [0.1, 0.15) is 36.8 Å². The first-order valence-corrected chi connectivity index (χ1v) is 7.08. The van der Waals surface area contributed by atoms with Gasteiger partial charge in [-0.25, -0.2) is 0 Å². The minimum Gasteiger partial charge on any atom is -0.330 e. The normalized spacial score (nSPS) is 18.4. The van der Waals surface area contributed by atoms with Gasteiger partial charge >= 0.3 is 0 Å². The SMILES string of the molecule is Cc1ccccc1CN(C)CC1(CN)CCCC1. The van der Waals surface area contributed by atoms with Gasteiger partial charge in [-0.1, -0.05) is 37.1 Å². The summed E-state index contributed by atoms with van der Waals surface area (Å²) in [6, 6.07) is 8.66. The average molecular weight is 246 g/mol. The monoisotopic (exact) mass is 246 g/mol. The number of nitrogens with two attached hydrogens (primary N) is 1. The number of hydrogen-bond acceptors (Lipinski definition) is 2. The third-order valence-electron chi connectivity index (χ3n) is 4.40. The number of nitrogens with zero attached hydrogens (tertiary/aromatic N) is 1. The summed E-state index contributed by atoms with van der Waals surface area (Å²) < 4.78 is 0. The van der Waals surface area contributed by atoms with Crippen LogP contribution in [0.2, 0.25) is 0 Å². The fourth-order valence-corrected chi connectivity index (χ4v) is 3.26. The third-order valence-corrected chi connectivity index (χ3v) is 4.40. The van der Waals surface area contributed by atoms with E-state index in [1.54, 1.807) is 0 Å². The second-order valence-corrected chi connectivity index (χ2v) is 6.01. The van der Waals surface area contributed by atoms with Gasteiger partial charge in [-0.15, -0.1) is 0 Å². The van der Waals surface area contributed by atoms with E-state index in [4.69, 9.17) is 5.73 Å². The van der Waals surface area contributed by atoms with Gasteiger partial charge in [0.1, 0.15) is 0 Å². The fraction of sp³-hybridized carbons (Fsp3) is 0.625. The van der Waals surface area contributed by atoms with Crippen LogP contribution in [-0.4, -0.2) is 25.0 Å². The molecule has 0 saturated heterocycles. The zero-order chi connectivity index (χ0) is 13.0. The Balaban J connectivity index is 1.96. The quantitative estimate of drug-likeness (QED) is 0.865. The molecule has 1 aliphatic rings. The number of benzene rings is 1. The zero-order valence-electron chi connectivity index (χ0n) is 11.8. The summed E-state index contributed by atoms with van der Waals surface area (Å²) in [7, 11) is 2.22. The van der Waals surface area contributed by atoms with E-state index in [0.29, 0.717) is 5.41 Å². The van der Waals surface area contributed by atoms with Crippen LogP contribution in [0, 0.1) is 12.3 Å². The minimum absolute atomic E-state index is 0.386. The molecule has 0 heterocycles. The first kappa shape index (κ1) is 13.6. The molecule has 0 atom stereocenters. The van der Waals surface area contributed by atoms with Crippen molar-refractivity contribution in [2.75, 3.05) is 20.1 Å². The van der Waals surface area contributed by atoms with Gasteiger partial charge in [-0.3, -0.25) is 0 Å². The Kier molecular flexibility index (Phi) is 4.41. The molecule has 18 heavy (non-hydrogen) atoms. The highest BCUT2D eigenvalue weighted by atomic mass is 15.1. The van der Waals surface area contributed by atoms with Crippen LogP contribution in [0.3, 0.4) is 0 Å². The lowest BCUT2D eigenvalue weighted by Gasteiger charge is -2.32. The van der Waals surface area contributed by atoms with E-state index in [2.05, 4.69) is 43.1 Å². The largest absolute Gasteiger partial charge is 0.330 e. The van der Waals surface area contributed by atoms with Crippen LogP contribution < -0.4 is 5.73 Å². The van der Waals surface area contributed by atoms with Gasteiger partial charge in [0.15, 0.2) is 0 Å². The highest BCUT2D eigenvalue weighted by molar-refractivity contribution is 5.25. The summed E-state index contributed by atoms with van der Waals surface area (Å²) in [5.74, 6) is 0. The lowest BCUT2D eigenvalue weighted by atomic mass is 9.85. The average Bonchev–Trinajstić information content (AvgIpc) is 2.81. The summed E-state index contributed by atoms with van der Waals surface area (Å²) >= 11 is 0. The first-order valence-electron chi connectivity index (χ1n) is 7.08. The standard InChI is InChI=1S/C16H26N2/c1-14-7-3-4-8-15(14)11-18(2)13-16(12-17)9-5-6-10-16/h3-4,7-8H,5-6,9-13,17H2,1-2H3. The Morgan fingerprint density at radius 3 is 2.50 bits per heavy atom. The third kappa shape index (κ3) is 3.12. The zero-order valence-corrected chi connectivity index (χ0v) is 11.8. The van der Waals surface area contributed by atoms with Crippen LogP contribution in [0.5, 0.6) is 0 Å². The Morgan fingerprint density at radius 2 is 1.89 bits per heavy atom. The summed E-state index contributed by atoms with van der Waals surface area (Å²) in [4.78, 5) is 2.44. The molecule has 1 saturated carbocycles. The summed E-state index contributed by atoms with van der Waals surface area (Å²) in [5, 5.41) is 0. The molecule has 0 amide bonds. The van der Waals surface area contributed by atoms with E-state index in [1.165, 1.54) is 36.8 Å². The molecule has 1 aliphatic carbocycles. The highest BCUT2D eigenvalue weighted by Gasteiger charge is 2.33. The molecular weight excluding hydrogens is 220 g/mol. The molecule has 1 aromatic carbocycles. The van der Waals surface area contributed by atoms with Crippen molar-refractivity contribution in [1.29, 1.82) is 0 Å². The molecule has 0 unspecified atom stereocenters. The maximum Gasteiger partial charge on any atom is 0.0233 e. The van der Waals surface area contributed by atoms with Crippen LogP contribution in [0.25, 0.3) is 0 Å². The molecule has 0 spiro atoms. The van der Waals surface area contributed by atoms with Crippen molar-refractivity contribution in [3.05, 3.63) is 35.4 Å². The number of aryl methyl sites for hydroxylation is 1. The van der Waals surface area contributed by atoms with Crippen LogP contribution in [0.4, 0.5) is 0 Å². The molecule has 2 heteroatoms. The minimum atomic E-state index is 0.386. The van der Waals surface area contributed by atoms with Gasteiger partial charge in [0.25, 0.3) is 0 Å². The smallest absolute Gasteiger partial charge is 0.0233 e. The Labute approximate surface area is 111 Å². The van der Waals surface area contributed by atoms with Crippen molar-refractivity contribution in [1.82, 2.24) is 4.90 Å². The van der Waals surface area contributed by atoms with E-state index in [-0.39, 0.29) is 0 Å². The maximum atomic E-state index is 6.01. The number of hydrogen-bond donors (Lipinski definition) is 1. The van der Waals surface area contributed by atoms with E-state index in [1.807, 2.05) is 0 Å². The predicted octanol–water partition coefficient (Wildman–Crippen LogP) is 2.95. The molecule has 2 N–H and O–H groups in total. The van der Waals surface area contributed by atoms with Crippen LogP contribution in [0.15, 0.2) is 24.3 Å². The van der Waals surface area contributed by atoms with Gasteiger partial charge in [-0.2, -0.15) is 0 Å². The molecule has 2 rings (SSSR count). The highest BCUT2D eigenvalue weighted by Crippen LogP contribution is 2.37. The van der Waals surface area contributed by atoms with Gasteiger partial charge in [0.2, 0.25) is 0 Å². The van der Waals surface area contributed by atoms with E-state index < -0.39 is 0 Å². The van der Waals surface area contributed by atoms with Gasteiger partial charge < -0.3 is 10.6 Å². The van der Waals surface area contributed by atoms with Gasteiger partial charge in [0, 0.05) is 13.1 Å². The molecule has 1 fully saturated rings. The molecule has 0 radical (unpaired) electrons. The summed E-state index contributed by atoms with van der Waals surface area (Å²) in [6.07, 6.45) is 5.33. The molecule has 2 nitrogen and oxygen atoms in total. The molecule has 0 aliphatic heterocycles. The van der Waals surface area contributed by atoms with Crippen LogP contribution in [-0.2, 0) is 6.54 Å². The lowest BCUT2D eigenvalue weighted by Crippen LogP contribution is -2.39. The van der Waals surface area contributed by atoms with Crippen molar-refractivity contribution in [2.24, 2.45) is 11.1 Å². The second kappa shape index (κ2) is 5.85. The summed E-state index contributed by atoms with van der Waals surface area (Å²) in [6.45, 7) is 5.20. The molecule has 1 aromatic rings. The van der Waals surface area contributed by atoms with Gasteiger partial charge in [0.05, 0.1) is 0 Å². The maximum absolute atomic E-state index is 6.01. The first-order chi connectivity index (χ1) is 8.65. The van der Waals surface area contributed by atoms with E-state index >= 15 is 0 Å². The molecule has 0 bridgehead atoms.